The highest BCUT2D eigenvalue weighted by Crippen LogP contribution is 2.29. The Morgan fingerprint density at radius 2 is 1.84 bits per heavy atom. The van der Waals surface area contributed by atoms with E-state index in [1.807, 2.05) is 37.3 Å². The van der Waals surface area contributed by atoms with Gasteiger partial charge >= 0.3 is 11.6 Å². The van der Waals surface area contributed by atoms with E-state index in [-0.39, 0.29) is 13.2 Å². The van der Waals surface area contributed by atoms with Gasteiger partial charge in [0.15, 0.2) is 6.61 Å². The lowest BCUT2D eigenvalue weighted by Crippen LogP contribution is -2.15. The van der Waals surface area contributed by atoms with Crippen LogP contribution in [0.15, 0.2) is 57.7 Å². The predicted molar refractivity (Wildman–Crippen MR) is 93.7 cm³/mol. The number of carbonyl (C=O) groups is 1. The van der Waals surface area contributed by atoms with Crippen molar-refractivity contribution in [2.24, 2.45) is 0 Å². The fourth-order valence-electron chi connectivity index (χ4n) is 2.61. The van der Waals surface area contributed by atoms with E-state index in [4.69, 9.17) is 13.9 Å². The minimum absolute atomic E-state index is 0.200. The van der Waals surface area contributed by atoms with E-state index in [1.165, 1.54) is 6.07 Å². The van der Waals surface area contributed by atoms with Crippen molar-refractivity contribution >= 4 is 16.9 Å². The largest absolute Gasteiger partial charge is 0.481 e. The molecule has 5 heteroatoms. The van der Waals surface area contributed by atoms with Gasteiger partial charge in [0.1, 0.15) is 17.9 Å². The van der Waals surface area contributed by atoms with Crippen LogP contribution in [0.4, 0.5) is 0 Å². The van der Waals surface area contributed by atoms with E-state index in [2.05, 4.69) is 0 Å². The maximum Gasteiger partial charge on any atom is 0.344 e. The molecule has 0 unspecified atom stereocenters. The lowest BCUT2D eigenvalue weighted by molar-refractivity contribution is -0.147. The molecule has 3 rings (SSSR count). The number of aryl methyl sites for hydroxylation is 2. The average molecular weight is 338 g/mol. The van der Waals surface area contributed by atoms with Crippen LogP contribution < -0.4 is 10.4 Å². The highest BCUT2D eigenvalue weighted by atomic mass is 16.6. The molecular weight excluding hydrogens is 320 g/mol. The van der Waals surface area contributed by atoms with Gasteiger partial charge in [-0.1, -0.05) is 30.3 Å². The standard InChI is InChI=1S/C20H18O5/c1-13-8-16(20-14(2)10-18(21)25-17(20)9-13)23-12-19(22)24-11-15-6-4-3-5-7-15/h3-10H,11-12H2,1-2H3. The van der Waals surface area contributed by atoms with Crippen molar-refractivity contribution < 1.29 is 18.7 Å². The average Bonchev–Trinajstić information content (AvgIpc) is 2.57. The predicted octanol–water partition coefficient (Wildman–Crippen LogP) is 3.53. The summed E-state index contributed by atoms with van der Waals surface area (Å²) in [6.07, 6.45) is 0. The second-order valence-electron chi connectivity index (χ2n) is 5.82. The Morgan fingerprint density at radius 3 is 2.60 bits per heavy atom. The molecule has 0 aliphatic heterocycles. The summed E-state index contributed by atoms with van der Waals surface area (Å²) in [5.41, 5.74) is 2.55. The first-order chi connectivity index (χ1) is 12.0. The van der Waals surface area contributed by atoms with Gasteiger partial charge < -0.3 is 13.9 Å². The number of hydrogen-bond acceptors (Lipinski definition) is 5. The molecule has 0 atom stereocenters. The second-order valence-corrected chi connectivity index (χ2v) is 5.82. The van der Waals surface area contributed by atoms with Crippen LogP contribution >= 0.6 is 0 Å². The molecule has 1 heterocycles. The van der Waals surface area contributed by atoms with E-state index in [0.717, 1.165) is 16.7 Å². The number of hydrogen-bond donors (Lipinski definition) is 0. The first-order valence-corrected chi connectivity index (χ1v) is 7.90. The number of esters is 1. The minimum Gasteiger partial charge on any atom is -0.481 e. The molecule has 1 aromatic heterocycles. The Labute approximate surface area is 144 Å². The maximum absolute atomic E-state index is 11.9. The van der Waals surface area contributed by atoms with Crippen molar-refractivity contribution in [3.05, 3.63) is 75.6 Å². The van der Waals surface area contributed by atoms with Crippen molar-refractivity contribution in [1.82, 2.24) is 0 Å². The summed E-state index contributed by atoms with van der Waals surface area (Å²) in [6, 6.07) is 14.4. The molecule has 0 amide bonds. The molecule has 0 aliphatic carbocycles. The van der Waals surface area contributed by atoms with Crippen LogP contribution in [0.25, 0.3) is 11.0 Å². The van der Waals surface area contributed by atoms with E-state index >= 15 is 0 Å². The summed E-state index contributed by atoms with van der Waals surface area (Å²) < 4.78 is 16.1. The molecule has 0 saturated carbocycles. The molecular formula is C20H18O5. The number of benzene rings is 2. The van der Waals surface area contributed by atoms with Gasteiger partial charge in [-0.15, -0.1) is 0 Å². The summed E-state index contributed by atoms with van der Waals surface area (Å²) in [7, 11) is 0. The Balaban J connectivity index is 1.72. The van der Waals surface area contributed by atoms with Crippen molar-refractivity contribution in [2.75, 3.05) is 6.61 Å². The van der Waals surface area contributed by atoms with E-state index in [1.54, 1.807) is 19.1 Å². The second kappa shape index (κ2) is 7.21. The fourth-order valence-corrected chi connectivity index (χ4v) is 2.61. The number of carbonyl (C=O) groups excluding carboxylic acids is 1. The smallest absolute Gasteiger partial charge is 0.344 e. The number of rotatable bonds is 5. The molecule has 128 valence electrons. The van der Waals surface area contributed by atoms with Gasteiger partial charge in [-0.2, -0.15) is 0 Å². The van der Waals surface area contributed by atoms with E-state index in [0.29, 0.717) is 16.7 Å². The zero-order chi connectivity index (χ0) is 17.8. The topological polar surface area (TPSA) is 65.7 Å². The van der Waals surface area contributed by atoms with Gasteiger partial charge in [-0.05, 0) is 42.7 Å². The SMILES string of the molecule is Cc1cc(OCC(=O)OCc2ccccc2)c2c(C)cc(=O)oc2c1. The van der Waals surface area contributed by atoms with Gasteiger partial charge in [-0.3, -0.25) is 0 Å². The molecule has 0 bridgehead atoms. The number of ether oxygens (including phenoxy) is 2. The molecule has 5 nitrogen and oxygen atoms in total. The summed E-state index contributed by atoms with van der Waals surface area (Å²) in [6.45, 7) is 3.65. The molecule has 0 spiro atoms. The third-order valence-corrected chi connectivity index (χ3v) is 3.74. The van der Waals surface area contributed by atoms with Crippen molar-refractivity contribution in [1.29, 1.82) is 0 Å². The van der Waals surface area contributed by atoms with Gasteiger partial charge in [0.2, 0.25) is 0 Å². The van der Waals surface area contributed by atoms with Crippen molar-refractivity contribution in [2.45, 2.75) is 20.5 Å². The molecule has 0 aliphatic rings. The molecule has 0 radical (unpaired) electrons. The van der Waals surface area contributed by atoms with Gasteiger partial charge in [0.25, 0.3) is 0 Å². The normalized spacial score (nSPS) is 10.6. The minimum atomic E-state index is -0.464. The Bertz CT molecular complexity index is 957. The summed E-state index contributed by atoms with van der Waals surface area (Å²) >= 11 is 0. The molecule has 0 N–H and O–H groups in total. The summed E-state index contributed by atoms with van der Waals surface area (Å²) in [5, 5.41) is 0.682. The van der Waals surface area contributed by atoms with Crippen molar-refractivity contribution in [3.8, 4) is 5.75 Å². The Hall–Kier alpha value is -3.08. The van der Waals surface area contributed by atoms with Gasteiger partial charge in [0, 0.05) is 6.07 Å². The lowest BCUT2D eigenvalue weighted by atomic mass is 10.1. The highest BCUT2D eigenvalue weighted by molar-refractivity contribution is 5.87. The third kappa shape index (κ3) is 4.07. The summed E-state index contributed by atoms with van der Waals surface area (Å²) in [4.78, 5) is 23.5. The molecule has 0 saturated heterocycles. The van der Waals surface area contributed by atoms with Crippen molar-refractivity contribution in [3.63, 3.8) is 0 Å². The Morgan fingerprint density at radius 1 is 1.08 bits per heavy atom. The van der Waals surface area contributed by atoms with E-state index in [9.17, 15) is 9.59 Å². The van der Waals surface area contributed by atoms with Crippen LogP contribution in [0.2, 0.25) is 0 Å². The lowest BCUT2D eigenvalue weighted by Gasteiger charge is -2.11. The molecule has 0 fully saturated rings. The quantitative estimate of drug-likeness (QED) is 0.526. The summed E-state index contributed by atoms with van der Waals surface area (Å²) in [5.74, 6) is 0.0291. The zero-order valence-corrected chi connectivity index (χ0v) is 14.1. The first-order valence-electron chi connectivity index (χ1n) is 7.90. The molecule has 2 aromatic carbocycles. The van der Waals surface area contributed by atoms with Crippen LogP contribution in [0.3, 0.4) is 0 Å². The van der Waals surface area contributed by atoms with E-state index < -0.39 is 11.6 Å². The van der Waals surface area contributed by atoms with Crippen LogP contribution in [0.5, 0.6) is 5.75 Å². The van der Waals surface area contributed by atoms with Gasteiger partial charge in [0.05, 0.1) is 5.39 Å². The monoisotopic (exact) mass is 338 g/mol. The van der Waals surface area contributed by atoms with Crippen LogP contribution in [0.1, 0.15) is 16.7 Å². The third-order valence-electron chi connectivity index (χ3n) is 3.74. The molecule has 25 heavy (non-hydrogen) atoms. The molecule has 3 aromatic rings. The first kappa shape index (κ1) is 16.8. The van der Waals surface area contributed by atoms with Crippen LogP contribution in [-0.4, -0.2) is 12.6 Å². The fraction of sp³-hybridized carbons (Fsp3) is 0.200. The Kier molecular flexibility index (Phi) is 4.84. The van der Waals surface area contributed by atoms with Gasteiger partial charge in [-0.25, -0.2) is 9.59 Å². The zero-order valence-electron chi connectivity index (χ0n) is 14.1. The van der Waals surface area contributed by atoms with Crippen LogP contribution in [0, 0.1) is 13.8 Å². The number of fused-ring (bicyclic) bond motifs is 1. The highest BCUT2D eigenvalue weighted by Gasteiger charge is 2.12. The maximum atomic E-state index is 11.9. The van der Waals surface area contributed by atoms with Crippen LogP contribution in [-0.2, 0) is 16.1 Å².